The summed E-state index contributed by atoms with van der Waals surface area (Å²) in [5, 5.41) is 25.7. The van der Waals surface area contributed by atoms with E-state index in [2.05, 4.69) is 67.2 Å². The lowest BCUT2D eigenvalue weighted by molar-refractivity contribution is 1.01. The first-order valence-corrected chi connectivity index (χ1v) is 10.6. The van der Waals surface area contributed by atoms with E-state index in [0.29, 0.717) is 5.57 Å². The van der Waals surface area contributed by atoms with Gasteiger partial charge in [-0.15, -0.1) is 0 Å². The Balaban J connectivity index is 1.72. The molecule has 5 heteroatoms. The number of nitrogens with one attached hydrogen (secondary N) is 2. The average molecular weight is 409 g/mol. The summed E-state index contributed by atoms with van der Waals surface area (Å²) in [5.41, 5.74) is 6.34. The van der Waals surface area contributed by atoms with Crippen LogP contribution < -0.4 is 15.8 Å². The van der Waals surface area contributed by atoms with Crippen LogP contribution in [0.25, 0.3) is 32.4 Å². The highest BCUT2D eigenvalue weighted by molar-refractivity contribution is 8.08. The fourth-order valence-electron chi connectivity index (χ4n) is 4.05. The van der Waals surface area contributed by atoms with Crippen LogP contribution in [-0.2, 0) is 7.05 Å². The van der Waals surface area contributed by atoms with Crippen molar-refractivity contribution in [2.75, 3.05) is 5.32 Å². The summed E-state index contributed by atoms with van der Waals surface area (Å²) in [6, 6.07) is 19.1. The number of nitrogens with zero attached hydrogens (tertiary/aromatic N) is 2. The maximum Gasteiger partial charge on any atom is 0.101 e. The van der Waals surface area contributed by atoms with E-state index in [1.54, 1.807) is 11.8 Å². The molecule has 5 rings (SSSR count). The van der Waals surface area contributed by atoms with Gasteiger partial charge in [0.15, 0.2) is 0 Å². The van der Waals surface area contributed by atoms with E-state index in [0.717, 1.165) is 38.1 Å². The first-order chi connectivity index (χ1) is 14.5. The molecule has 0 unspecified atom stereocenters. The SMILES string of the molecule is Cc1cc2c(cc1C)S/C(=c1\ccc3c4cc/c(=C(/C#N)C=N)cc4n(C)c3c1)N2. The molecule has 1 aliphatic heterocycles. The molecule has 0 bridgehead atoms. The number of benzene rings is 3. The van der Waals surface area contributed by atoms with E-state index in [9.17, 15) is 5.26 Å². The lowest BCUT2D eigenvalue weighted by Gasteiger charge is -2.03. The molecule has 0 saturated carbocycles. The van der Waals surface area contributed by atoms with Crippen LogP contribution in [0.2, 0.25) is 0 Å². The predicted molar refractivity (Wildman–Crippen MR) is 126 cm³/mol. The van der Waals surface area contributed by atoms with Crippen LogP contribution in [0.5, 0.6) is 0 Å². The van der Waals surface area contributed by atoms with Crippen molar-refractivity contribution in [3.63, 3.8) is 0 Å². The van der Waals surface area contributed by atoms with Crippen LogP contribution in [0.15, 0.2) is 53.4 Å². The first-order valence-electron chi connectivity index (χ1n) is 9.73. The highest BCUT2D eigenvalue weighted by Gasteiger charge is 2.18. The molecule has 0 fully saturated rings. The van der Waals surface area contributed by atoms with Crippen molar-refractivity contribution in [2.45, 2.75) is 18.7 Å². The molecule has 2 heterocycles. The Bertz CT molecular complexity index is 1520. The molecule has 0 radical (unpaired) electrons. The van der Waals surface area contributed by atoms with E-state index >= 15 is 0 Å². The second kappa shape index (κ2) is 6.79. The lowest BCUT2D eigenvalue weighted by Crippen LogP contribution is -2.07. The van der Waals surface area contributed by atoms with Gasteiger partial charge in [0.25, 0.3) is 0 Å². The summed E-state index contributed by atoms with van der Waals surface area (Å²) in [5.74, 6) is 0. The van der Waals surface area contributed by atoms with Crippen LogP contribution in [0.1, 0.15) is 11.1 Å². The minimum atomic E-state index is 0.369. The number of aryl methyl sites for hydroxylation is 3. The maximum absolute atomic E-state index is 9.27. The molecule has 0 atom stereocenters. The zero-order valence-corrected chi connectivity index (χ0v) is 17.8. The molecule has 3 aromatic carbocycles. The fourth-order valence-corrected chi connectivity index (χ4v) is 5.13. The number of nitriles is 1. The minimum absolute atomic E-state index is 0.369. The highest BCUT2D eigenvalue weighted by Crippen LogP contribution is 2.42. The number of fused-ring (bicyclic) bond motifs is 4. The van der Waals surface area contributed by atoms with Crippen LogP contribution in [0, 0.1) is 30.6 Å². The zero-order chi connectivity index (χ0) is 21.0. The zero-order valence-electron chi connectivity index (χ0n) is 17.0. The van der Waals surface area contributed by atoms with Gasteiger partial charge in [0.2, 0.25) is 0 Å². The van der Waals surface area contributed by atoms with Crippen molar-refractivity contribution in [3.8, 4) is 6.07 Å². The molecule has 4 nitrogen and oxygen atoms in total. The molecule has 146 valence electrons. The second-order valence-corrected chi connectivity index (χ2v) is 8.73. The number of rotatable bonds is 1. The molecule has 0 aliphatic carbocycles. The summed E-state index contributed by atoms with van der Waals surface area (Å²) in [6.45, 7) is 4.29. The van der Waals surface area contributed by atoms with Crippen molar-refractivity contribution in [3.05, 3.63) is 70.1 Å². The Morgan fingerprint density at radius 2 is 1.73 bits per heavy atom. The third-order valence-corrected chi connectivity index (χ3v) is 7.00. The quantitative estimate of drug-likeness (QED) is 0.454. The highest BCUT2D eigenvalue weighted by atomic mass is 32.2. The van der Waals surface area contributed by atoms with Gasteiger partial charge in [-0.25, -0.2) is 0 Å². The standard InChI is InChI=1S/C25H20N4S/c1-14-8-21-24(9-15(14)2)30-25(28-21)17-5-7-20-19-6-4-16(18(12-26)13-27)10-22(19)29(3)23(20)11-17/h4-12,26,28H,1-3H3/b18-16-,25-17+,26-12?. The van der Waals surface area contributed by atoms with Gasteiger partial charge in [-0.1, -0.05) is 36.0 Å². The summed E-state index contributed by atoms with van der Waals surface area (Å²) < 4.78 is 2.16. The predicted octanol–water partition coefficient (Wildman–Crippen LogP) is 4.56. The van der Waals surface area contributed by atoms with Crippen LogP contribution in [0.4, 0.5) is 5.69 Å². The van der Waals surface area contributed by atoms with Gasteiger partial charge >= 0.3 is 0 Å². The second-order valence-electron chi connectivity index (χ2n) is 7.68. The molecule has 0 spiro atoms. The third kappa shape index (κ3) is 2.72. The monoisotopic (exact) mass is 408 g/mol. The van der Waals surface area contributed by atoms with Gasteiger partial charge < -0.3 is 15.3 Å². The van der Waals surface area contributed by atoms with Crippen molar-refractivity contribution in [2.24, 2.45) is 7.05 Å². The number of anilines is 1. The lowest BCUT2D eigenvalue weighted by atomic mass is 10.1. The van der Waals surface area contributed by atoms with E-state index < -0.39 is 0 Å². The van der Waals surface area contributed by atoms with Crippen molar-refractivity contribution in [1.29, 1.82) is 10.7 Å². The summed E-state index contributed by atoms with van der Waals surface area (Å²) in [6.07, 6.45) is 1.11. The van der Waals surface area contributed by atoms with Gasteiger partial charge in [0.05, 0.1) is 16.3 Å². The average Bonchev–Trinajstić information content (AvgIpc) is 3.28. The van der Waals surface area contributed by atoms with Gasteiger partial charge in [-0.3, -0.25) is 0 Å². The minimum Gasteiger partial charge on any atom is -0.349 e. The van der Waals surface area contributed by atoms with Gasteiger partial charge in [0, 0.05) is 45.2 Å². The van der Waals surface area contributed by atoms with Crippen molar-refractivity contribution < 1.29 is 0 Å². The molecule has 1 aromatic heterocycles. The number of hydrogen-bond donors (Lipinski definition) is 2. The Morgan fingerprint density at radius 3 is 2.47 bits per heavy atom. The van der Waals surface area contributed by atoms with E-state index in [4.69, 9.17) is 5.41 Å². The molecule has 30 heavy (non-hydrogen) atoms. The number of thioether (sulfide) groups is 1. The van der Waals surface area contributed by atoms with Gasteiger partial charge in [-0.2, -0.15) is 5.26 Å². The topological polar surface area (TPSA) is 64.6 Å². The summed E-state index contributed by atoms with van der Waals surface area (Å²) in [4.78, 5) is 1.26. The van der Waals surface area contributed by atoms with Gasteiger partial charge in [-0.05, 0) is 54.5 Å². The Morgan fingerprint density at radius 1 is 1.03 bits per heavy atom. The van der Waals surface area contributed by atoms with Crippen molar-refractivity contribution >= 4 is 56.1 Å². The maximum atomic E-state index is 9.27. The number of aromatic nitrogens is 1. The van der Waals surface area contributed by atoms with Crippen LogP contribution in [0.3, 0.4) is 0 Å². The van der Waals surface area contributed by atoms with Crippen LogP contribution >= 0.6 is 11.8 Å². The molecule has 4 aromatic rings. The van der Waals surface area contributed by atoms with Crippen molar-refractivity contribution in [1.82, 2.24) is 4.57 Å². The Hall–Kier alpha value is -3.49. The van der Waals surface area contributed by atoms with E-state index in [1.807, 2.05) is 18.2 Å². The molecule has 2 N–H and O–H groups in total. The van der Waals surface area contributed by atoms with Crippen LogP contribution in [-0.4, -0.2) is 10.8 Å². The fraction of sp³-hybridized carbons (Fsp3) is 0.120. The third-order valence-electron chi connectivity index (χ3n) is 5.90. The molecular formula is C25H20N4S. The molecule has 0 saturated heterocycles. The molecular weight excluding hydrogens is 388 g/mol. The summed E-state index contributed by atoms with van der Waals surface area (Å²) in [7, 11) is 2.05. The van der Waals surface area contributed by atoms with E-state index in [1.165, 1.54) is 27.1 Å². The molecule has 0 amide bonds. The van der Waals surface area contributed by atoms with Gasteiger partial charge in [0.1, 0.15) is 6.07 Å². The summed E-state index contributed by atoms with van der Waals surface area (Å²) >= 11 is 1.78. The Kier molecular flexibility index (Phi) is 4.19. The largest absolute Gasteiger partial charge is 0.349 e. The molecule has 1 aliphatic rings. The smallest absolute Gasteiger partial charge is 0.101 e. The number of hydrogen-bond acceptors (Lipinski definition) is 4. The Labute approximate surface area is 178 Å². The van der Waals surface area contributed by atoms with E-state index in [-0.39, 0.29) is 0 Å². The first kappa shape index (κ1) is 18.5. The normalized spacial score (nSPS) is 15.7.